The molecule has 0 aromatic heterocycles. The first-order chi connectivity index (χ1) is 12.1. The Balaban J connectivity index is 1.77. The number of carboxylic acids is 1. The normalized spacial score (nSPS) is 19.6. The smallest absolute Gasteiger partial charge is 0.415 e. The Morgan fingerprint density at radius 2 is 1.72 bits per heavy atom. The highest BCUT2D eigenvalue weighted by Crippen LogP contribution is 2.49. The van der Waals surface area contributed by atoms with Crippen LogP contribution in [0, 0.1) is 0 Å². The molecule has 6 heteroatoms. The molecule has 1 heterocycles. The SMILES string of the molecule is CSC[C@@H](C(=O)O)N1C(=O)OC1C1c2ccccc2-c2ccccc21. The lowest BCUT2D eigenvalue weighted by Gasteiger charge is -2.45. The van der Waals surface area contributed by atoms with Crippen molar-refractivity contribution in [3.63, 3.8) is 0 Å². The average Bonchev–Trinajstić information content (AvgIpc) is 2.93. The van der Waals surface area contributed by atoms with Gasteiger partial charge in [0.15, 0.2) is 6.23 Å². The van der Waals surface area contributed by atoms with Gasteiger partial charge in [0.25, 0.3) is 0 Å². The van der Waals surface area contributed by atoms with Gasteiger partial charge < -0.3 is 9.84 Å². The lowest BCUT2D eigenvalue weighted by Crippen LogP contribution is -2.63. The fraction of sp³-hybridized carbons (Fsp3) is 0.263. The van der Waals surface area contributed by atoms with Gasteiger partial charge in [0.05, 0.1) is 5.92 Å². The van der Waals surface area contributed by atoms with Crippen molar-refractivity contribution in [2.45, 2.75) is 18.2 Å². The summed E-state index contributed by atoms with van der Waals surface area (Å²) in [6.45, 7) is 0. The number of benzene rings is 2. The number of carboxylic acid groups (broad SMARTS) is 1. The first-order valence-electron chi connectivity index (χ1n) is 8.02. The number of hydrogen-bond acceptors (Lipinski definition) is 4. The molecule has 1 unspecified atom stereocenters. The minimum absolute atomic E-state index is 0.172. The molecule has 2 aromatic rings. The van der Waals surface area contributed by atoms with Gasteiger partial charge in [0.2, 0.25) is 0 Å². The third-order valence-electron chi connectivity index (χ3n) is 4.82. The van der Waals surface area contributed by atoms with Crippen molar-refractivity contribution in [3.8, 4) is 11.1 Å². The summed E-state index contributed by atoms with van der Waals surface area (Å²) in [7, 11) is 0. The highest BCUT2D eigenvalue weighted by Gasteiger charge is 2.52. The fourth-order valence-electron chi connectivity index (χ4n) is 3.74. The highest BCUT2D eigenvalue weighted by molar-refractivity contribution is 7.98. The van der Waals surface area contributed by atoms with E-state index in [2.05, 4.69) is 12.1 Å². The third kappa shape index (κ3) is 2.40. The topological polar surface area (TPSA) is 66.8 Å². The molecule has 2 atom stereocenters. The van der Waals surface area contributed by atoms with E-state index in [1.54, 1.807) is 0 Å². The zero-order valence-corrected chi connectivity index (χ0v) is 14.4. The van der Waals surface area contributed by atoms with Gasteiger partial charge in [0, 0.05) is 5.75 Å². The number of aliphatic carboxylic acids is 1. The zero-order chi connectivity index (χ0) is 17.6. The molecule has 5 nitrogen and oxygen atoms in total. The average molecular weight is 355 g/mol. The molecule has 0 saturated carbocycles. The standard InChI is InChI=1S/C19H17NO4S/c1-25-10-15(18(21)22)20-17(24-19(20)23)16-13-8-4-2-6-11(13)12-7-3-5-9-14(12)16/h2-9,15-17H,10H2,1H3,(H,21,22)/t15-,17?/m0/s1. The second-order valence-corrected chi connectivity index (χ2v) is 7.05. The fourth-order valence-corrected chi connectivity index (χ4v) is 4.36. The number of nitrogens with zero attached hydrogens (tertiary/aromatic N) is 1. The summed E-state index contributed by atoms with van der Waals surface area (Å²) in [4.78, 5) is 25.1. The summed E-state index contributed by atoms with van der Waals surface area (Å²) in [5, 5.41) is 9.55. The molecule has 2 aromatic carbocycles. The quantitative estimate of drug-likeness (QED) is 0.890. The number of hydrogen-bond donors (Lipinski definition) is 1. The van der Waals surface area contributed by atoms with Gasteiger partial charge >= 0.3 is 12.1 Å². The summed E-state index contributed by atoms with van der Waals surface area (Å²) in [6.07, 6.45) is 0.676. The number of thioether (sulfide) groups is 1. The van der Waals surface area contributed by atoms with Gasteiger partial charge in [-0.3, -0.25) is 4.90 Å². The number of fused-ring (bicyclic) bond motifs is 3. The number of carbonyl (C=O) groups excluding carboxylic acids is 1. The van der Waals surface area contributed by atoms with Crippen molar-refractivity contribution in [2.24, 2.45) is 0 Å². The van der Waals surface area contributed by atoms with Crippen LogP contribution < -0.4 is 0 Å². The van der Waals surface area contributed by atoms with Crippen molar-refractivity contribution >= 4 is 23.8 Å². The molecule has 1 aliphatic heterocycles. The molecule has 0 spiro atoms. The maximum absolute atomic E-state index is 12.1. The Kier molecular flexibility index (Phi) is 3.92. The lowest BCUT2D eigenvalue weighted by atomic mass is 9.92. The van der Waals surface area contributed by atoms with E-state index in [1.807, 2.05) is 42.7 Å². The van der Waals surface area contributed by atoms with Crippen LogP contribution in [-0.2, 0) is 9.53 Å². The Labute approximate surface area is 149 Å². The predicted molar refractivity (Wildman–Crippen MR) is 95.6 cm³/mol. The van der Waals surface area contributed by atoms with E-state index in [-0.39, 0.29) is 5.92 Å². The van der Waals surface area contributed by atoms with Crippen LogP contribution in [0.4, 0.5) is 4.79 Å². The molecule has 0 radical (unpaired) electrons. The second-order valence-electron chi connectivity index (χ2n) is 6.14. The molecule has 25 heavy (non-hydrogen) atoms. The molecule has 0 bridgehead atoms. The van der Waals surface area contributed by atoms with Crippen LogP contribution in [-0.4, -0.2) is 46.3 Å². The molecule has 1 N–H and O–H groups in total. The van der Waals surface area contributed by atoms with Crippen LogP contribution in [0.5, 0.6) is 0 Å². The number of cyclic esters (lactones) is 1. The second kappa shape index (κ2) is 6.11. The first kappa shape index (κ1) is 16.0. The van der Waals surface area contributed by atoms with Gasteiger partial charge in [-0.25, -0.2) is 9.59 Å². The zero-order valence-electron chi connectivity index (χ0n) is 13.6. The van der Waals surface area contributed by atoms with E-state index >= 15 is 0 Å². The van der Waals surface area contributed by atoms with Crippen molar-refractivity contribution in [2.75, 3.05) is 12.0 Å². The van der Waals surface area contributed by atoms with Crippen molar-refractivity contribution in [3.05, 3.63) is 59.7 Å². The van der Waals surface area contributed by atoms with Crippen LogP contribution in [0.1, 0.15) is 17.0 Å². The first-order valence-corrected chi connectivity index (χ1v) is 9.41. The number of carbonyl (C=O) groups is 2. The Bertz CT molecular complexity index is 807. The van der Waals surface area contributed by atoms with E-state index in [0.717, 1.165) is 22.3 Å². The molecule has 1 aliphatic carbocycles. The summed E-state index contributed by atoms with van der Waals surface area (Å²) in [6, 6.07) is 15.1. The van der Waals surface area contributed by atoms with Crippen LogP contribution >= 0.6 is 11.8 Å². The molecule has 2 aliphatic rings. The van der Waals surface area contributed by atoms with Crippen molar-refractivity contribution < 1.29 is 19.4 Å². The number of amides is 1. The maximum Gasteiger partial charge on any atom is 0.415 e. The van der Waals surface area contributed by atoms with Gasteiger partial charge in [-0.05, 0) is 28.5 Å². The van der Waals surface area contributed by atoms with Crippen LogP contribution in [0.25, 0.3) is 11.1 Å². The predicted octanol–water partition coefficient (Wildman–Crippen LogP) is 3.39. The Morgan fingerprint density at radius 3 is 2.20 bits per heavy atom. The minimum Gasteiger partial charge on any atom is -0.480 e. The monoisotopic (exact) mass is 355 g/mol. The van der Waals surface area contributed by atoms with Gasteiger partial charge in [-0.1, -0.05) is 48.5 Å². The van der Waals surface area contributed by atoms with E-state index in [9.17, 15) is 14.7 Å². The largest absolute Gasteiger partial charge is 0.480 e. The Hall–Kier alpha value is -2.47. The number of rotatable bonds is 5. The summed E-state index contributed by atoms with van der Waals surface area (Å²) in [5.74, 6) is -0.846. The lowest BCUT2D eigenvalue weighted by molar-refractivity contribution is -0.159. The van der Waals surface area contributed by atoms with Crippen LogP contribution in [0.3, 0.4) is 0 Å². The number of ether oxygens (including phenoxy) is 1. The summed E-state index contributed by atoms with van der Waals surface area (Å²) < 4.78 is 5.44. The van der Waals surface area contributed by atoms with Crippen molar-refractivity contribution in [1.82, 2.24) is 4.90 Å². The van der Waals surface area contributed by atoms with E-state index in [4.69, 9.17) is 4.74 Å². The van der Waals surface area contributed by atoms with E-state index < -0.39 is 24.3 Å². The third-order valence-corrected chi connectivity index (χ3v) is 5.47. The van der Waals surface area contributed by atoms with Crippen molar-refractivity contribution in [1.29, 1.82) is 0 Å². The Morgan fingerprint density at radius 1 is 1.16 bits per heavy atom. The summed E-state index contributed by atoms with van der Waals surface area (Å²) in [5.41, 5.74) is 4.37. The molecule has 1 saturated heterocycles. The molecular formula is C19H17NO4S. The van der Waals surface area contributed by atoms with Crippen LogP contribution in [0.15, 0.2) is 48.5 Å². The van der Waals surface area contributed by atoms with Gasteiger partial charge in [-0.15, -0.1) is 0 Å². The highest BCUT2D eigenvalue weighted by atomic mass is 32.2. The van der Waals surface area contributed by atoms with E-state index in [1.165, 1.54) is 16.7 Å². The molecular weight excluding hydrogens is 338 g/mol. The van der Waals surface area contributed by atoms with E-state index in [0.29, 0.717) is 5.75 Å². The molecule has 1 fully saturated rings. The van der Waals surface area contributed by atoms with Gasteiger partial charge in [-0.2, -0.15) is 11.8 Å². The van der Waals surface area contributed by atoms with Crippen LogP contribution in [0.2, 0.25) is 0 Å². The molecule has 4 rings (SSSR count). The maximum atomic E-state index is 12.1. The minimum atomic E-state index is -1.00. The molecule has 1 amide bonds. The molecule has 128 valence electrons. The summed E-state index contributed by atoms with van der Waals surface area (Å²) >= 11 is 1.40. The van der Waals surface area contributed by atoms with Gasteiger partial charge in [0.1, 0.15) is 6.04 Å².